The smallest absolute Gasteiger partial charge is 0.241 e. The average Bonchev–Trinajstić information content (AvgIpc) is 3.58. The van der Waals surface area contributed by atoms with Gasteiger partial charge in [0, 0.05) is 58.0 Å². The molecule has 0 spiro atoms. The van der Waals surface area contributed by atoms with Gasteiger partial charge in [0.2, 0.25) is 17.6 Å². The molecule has 34 heavy (non-hydrogen) atoms. The third-order valence-corrected chi connectivity index (χ3v) is 7.33. The number of carbonyl (C=O) groups excluding carboxylic acids is 1. The predicted molar refractivity (Wildman–Crippen MR) is 131 cm³/mol. The molecule has 2 saturated heterocycles. The summed E-state index contributed by atoms with van der Waals surface area (Å²) < 4.78 is 10.7. The molecule has 2 aliphatic heterocycles. The Bertz CT molecular complexity index is 1050. The number of ether oxygens (including phenoxy) is 1. The molecule has 4 heterocycles. The lowest BCUT2D eigenvalue weighted by Gasteiger charge is -2.38. The molecule has 0 N–H and O–H groups in total. The zero-order chi connectivity index (χ0) is 23.3. The molecule has 0 bridgehead atoms. The Kier molecular flexibility index (Phi) is 7.08. The van der Waals surface area contributed by atoms with E-state index in [1.807, 2.05) is 34.5 Å². The molecule has 180 valence electrons. The van der Waals surface area contributed by atoms with Crippen LogP contribution in [0.4, 0.5) is 5.69 Å². The minimum Gasteiger partial charge on any atom is -0.497 e. The van der Waals surface area contributed by atoms with Crippen LogP contribution in [0.1, 0.15) is 5.89 Å². The van der Waals surface area contributed by atoms with Crippen LogP contribution in [-0.2, 0) is 11.3 Å². The van der Waals surface area contributed by atoms with Gasteiger partial charge in [-0.2, -0.15) is 4.98 Å². The quantitative estimate of drug-likeness (QED) is 0.508. The highest BCUT2D eigenvalue weighted by Crippen LogP contribution is 2.22. The lowest BCUT2D eigenvalue weighted by atomic mass is 10.2. The van der Waals surface area contributed by atoms with Crippen LogP contribution in [-0.4, -0.2) is 96.8 Å². The van der Waals surface area contributed by atoms with Crippen molar-refractivity contribution in [2.75, 3.05) is 70.9 Å². The molecule has 1 amide bonds. The minimum atomic E-state index is 0.223. The van der Waals surface area contributed by atoms with Gasteiger partial charge in [0.15, 0.2) is 0 Å². The number of thiophene rings is 1. The summed E-state index contributed by atoms with van der Waals surface area (Å²) in [5.74, 6) is 2.38. The van der Waals surface area contributed by atoms with Gasteiger partial charge in [0.1, 0.15) is 5.75 Å². The van der Waals surface area contributed by atoms with Crippen molar-refractivity contribution in [3.63, 3.8) is 0 Å². The number of benzene rings is 1. The molecule has 2 aromatic heterocycles. The van der Waals surface area contributed by atoms with E-state index in [9.17, 15) is 4.79 Å². The van der Waals surface area contributed by atoms with Gasteiger partial charge >= 0.3 is 0 Å². The topological polar surface area (TPSA) is 78.2 Å². The van der Waals surface area contributed by atoms with Crippen LogP contribution in [0.25, 0.3) is 10.7 Å². The number of piperazine rings is 2. The van der Waals surface area contributed by atoms with Crippen LogP contribution in [0.3, 0.4) is 0 Å². The molecule has 9 nitrogen and oxygen atoms in total. The van der Waals surface area contributed by atoms with E-state index < -0.39 is 0 Å². The van der Waals surface area contributed by atoms with Crippen molar-refractivity contribution < 1.29 is 14.1 Å². The molecule has 0 aliphatic carbocycles. The fourth-order valence-corrected chi connectivity index (χ4v) is 5.07. The molecule has 5 rings (SSSR count). The van der Waals surface area contributed by atoms with E-state index >= 15 is 0 Å². The molecule has 0 radical (unpaired) electrons. The van der Waals surface area contributed by atoms with Crippen molar-refractivity contribution in [1.29, 1.82) is 0 Å². The van der Waals surface area contributed by atoms with Crippen molar-refractivity contribution in [3.8, 4) is 16.5 Å². The standard InChI is InChI=1S/C24H30N6O3S/c1-32-20-6-4-19(5-7-20)29-12-14-30(15-13-29)23(31)18-28-10-8-27(9-11-28)17-22-25-24(26-33-22)21-3-2-16-34-21/h2-7,16H,8-15,17-18H2,1H3. The normalized spacial score (nSPS) is 17.8. The number of anilines is 1. The first kappa shape index (κ1) is 22.8. The van der Waals surface area contributed by atoms with Gasteiger partial charge in [0.25, 0.3) is 0 Å². The maximum absolute atomic E-state index is 12.9. The molecular formula is C24H30N6O3S. The van der Waals surface area contributed by atoms with Gasteiger partial charge < -0.3 is 19.1 Å². The third kappa shape index (κ3) is 5.40. The molecule has 0 atom stereocenters. The second-order valence-corrected chi connectivity index (χ2v) is 9.55. The fraction of sp³-hybridized carbons (Fsp3) is 0.458. The molecule has 3 aromatic rings. The highest BCUT2D eigenvalue weighted by molar-refractivity contribution is 7.13. The van der Waals surface area contributed by atoms with Gasteiger partial charge in [0.05, 0.1) is 25.1 Å². The van der Waals surface area contributed by atoms with Crippen LogP contribution < -0.4 is 9.64 Å². The Hall–Kier alpha value is -2.95. The molecule has 0 saturated carbocycles. The fourth-order valence-electron chi connectivity index (χ4n) is 4.42. The van der Waals surface area contributed by atoms with Crippen molar-refractivity contribution in [2.24, 2.45) is 0 Å². The molecule has 1 aromatic carbocycles. The van der Waals surface area contributed by atoms with Crippen molar-refractivity contribution >= 4 is 22.9 Å². The van der Waals surface area contributed by atoms with E-state index in [0.717, 1.165) is 63.0 Å². The van der Waals surface area contributed by atoms with Gasteiger partial charge in [-0.05, 0) is 35.7 Å². The Balaban J connectivity index is 1.04. The highest BCUT2D eigenvalue weighted by atomic mass is 32.1. The number of rotatable bonds is 7. The predicted octanol–water partition coefficient (Wildman–Crippen LogP) is 2.27. The number of amides is 1. The van der Waals surface area contributed by atoms with Crippen molar-refractivity contribution in [1.82, 2.24) is 24.8 Å². The number of methoxy groups -OCH3 is 1. The molecule has 0 unspecified atom stereocenters. The maximum Gasteiger partial charge on any atom is 0.241 e. The second-order valence-electron chi connectivity index (χ2n) is 8.61. The minimum absolute atomic E-state index is 0.223. The van der Waals surface area contributed by atoms with Crippen LogP contribution in [0.2, 0.25) is 0 Å². The highest BCUT2D eigenvalue weighted by Gasteiger charge is 2.25. The zero-order valence-electron chi connectivity index (χ0n) is 19.4. The van der Waals surface area contributed by atoms with Gasteiger partial charge in [-0.15, -0.1) is 11.3 Å². The largest absolute Gasteiger partial charge is 0.497 e. The van der Waals surface area contributed by atoms with E-state index in [1.165, 1.54) is 5.69 Å². The van der Waals surface area contributed by atoms with Gasteiger partial charge in [-0.25, -0.2) is 0 Å². The second kappa shape index (κ2) is 10.5. The molecule has 2 aliphatic rings. The van der Waals surface area contributed by atoms with E-state index in [-0.39, 0.29) is 5.91 Å². The van der Waals surface area contributed by atoms with E-state index in [2.05, 4.69) is 37.0 Å². The van der Waals surface area contributed by atoms with Crippen LogP contribution in [0.5, 0.6) is 5.75 Å². The lowest BCUT2D eigenvalue weighted by Crippen LogP contribution is -2.53. The molecule has 2 fully saturated rings. The summed E-state index contributed by atoms with van der Waals surface area (Å²) >= 11 is 1.60. The molecular weight excluding hydrogens is 452 g/mol. The number of nitrogens with zero attached hydrogens (tertiary/aromatic N) is 6. The van der Waals surface area contributed by atoms with Gasteiger partial charge in [-0.3, -0.25) is 14.6 Å². The van der Waals surface area contributed by atoms with Crippen LogP contribution in [0.15, 0.2) is 46.3 Å². The Labute approximate surface area is 203 Å². The van der Waals surface area contributed by atoms with E-state index in [0.29, 0.717) is 24.8 Å². The lowest BCUT2D eigenvalue weighted by molar-refractivity contribution is -0.133. The Morgan fingerprint density at radius 1 is 1.00 bits per heavy atom. The summed E-state index contributed by atoms with van der Waals surface area (Å²) in [5, 5.41) is 6.10. The third-order valence-electron chi connectivity index (χ3n) is 6.46. The number of hydrogen-bond acceptors (Lipinski definition) is 9. The summed E-state index contributed by atoms with van der Waals surface area (Å²) in [6.07, 6.45) is 0. The van der Waals surface area contributed by atoms with Crippen molar-refractivity contribution in [3.05, 3.63) is 47.7 Å². The molecule has 10 heteroatoms. The first-order valence-corrected chi connectivity index (χ1v) is 12.5. The summed E-state index contributed by atoms with van der Waals surface area (Å²) in [6.45, 7) is 7.85. The summed E-state index contributed by atoms with van der Waals surface area (Å²) in [6, 6.07) is 12.1. The maximum atomic E-state index is 12.9. The SMILES string of the molecule is COc1ccc(N2CCN(C(=O)CN3CCN(Cc4nc(-c5cccs5)no4)CC3)CC2)cc1. The first-order valence-electron chi connectivity index (χ1n) is 11.7. The Morgan fingerprint density at radius 2 is 1.74 bits per heavy atom. The average molecular weight is 483 g/mol. The van der Waals surface area contributed by atoms with Crippen molar-refractivity contribution in [2.45, 2.75) is 6.54 Å². The first-order chi connectivity index (χ1) is 16.7. The van der Waals surface area contributed by atoms with E-state index in [1.54, 1.807) is 18.4 Å². The van der Waals surface area contributed by atoms with E-state index in [4.69, 9.17) is 9.26 Å². The zero-order valence-corrected chi connectivity index (χ0v) is 20.2. The van der Waals surface area contributed by atoms with Crippen LogP contribution >= 0.6 is 11.3 Å². The summed E-state index contributed by atoms with van der Waals surface area (Å²) in [4.78, 5) is 27.3. The number of carbonyl (C=O) groups is 1. The summed E-state index contributed by atoms with van der Waals surface area (Å²) in [7, 11) is 1.68. The monoisotopic (exact) mass is 482 g/mol. The number of hydrogen-bond donors (Lipinski definition) is 0. The van der Waals surface area contributed by atoms with Gasteiger partial charge in [-0.1, -0.05) is 11.2 Å². The Morgan fingerprint density at radius 3 is 2.41 bits per heavy atom. The summed E-state index contributed by atoms with van der Waals surface area (Å²) in [5.41, 5.74) is 1.17. The van der Waals surface area contributed by atoms with Crippen LogP contribution in [0, 0.1) is 0 Å². The number of aromatic nitrogens is 2.